The van der Waals surface area contributed by atoms with Crippen molar-refractivity contribution in [1.29, 1.82) is 0 Å². The molecule has 4 N–H and O–H groups in total. The number of piperidine rings is 4. The van der Waals surface area contributed by atoms with Crippen LogP contribution in [0.5, 0.6) is 34.5 Å². The third kappa shape index (κ3) is 16.1. The number of carbonyl (C=O) groups is 6. The molecule has 27 heteroatoms. The lowest BCUT2D eigenvalue weighted by atomic mass is 9.53. The second-order valence-electron chi connectivity index (χ2n) is 36.6. The summed E-state index contributed by atoms with van der Waals surface area (Å²) in [5, 5.41) is 43.6. The number of ketones is 4. The van der Waals surface area contributed by atoms with E-state index >= 15 is 0 Å². The number of phenolic OH excluding ortho intramolecular Hbond substituents is 4. The van der Waals surface area contributed by atoms with Crippen LogP contribution in [0.25, 0.3) is 0 Å². The van der Waals surface area contributed by atoms with Gasteiger partial charge >= 0.3 is 11.9 Å². The fourth-order valence-corrected chi connectivity index (χ4v) is 30.1. The zero-order chi connectivity index (χ0) is 92.2. The predicted molar refractivity (Wildman–Crippen MR) is 506 cm³/mol. The van der Waals surface area contributed by atoms with Crippen molar-refractivity contribution in [2.75, 3.05) is 82.8 Å². The monoisotopic (exact) mass is 1920 g/mol. The molecule has 0 amide bonds. The van der Waals surface area contributed by atoms with E-state index in [9.17, 15) is 53.6 Å². The van der Waals surface area contributed by atoms with Crippen molar-refractivity contribution < 1.29 is 82.0 Å². The first-order valence-electron chi connectivity index (χ1n) is 43.9. The minimum Gasteiger partial charge on any atom is -0.504 e. The van der Waals surface area contributed by atoms with Gasteiger partial charge in [0.25, 0.3) is 0 Å². The number of hydrogen-bond acceptors (Lipinski definition) is 24. The number of allylic oxidation sites excluding steroid dienone is 4. The number of ether oxygens (including phenoxy) is 6. The smallest absolute Gasteiger partial charge is 0.308 e. The molecule has 4 fully saturated rings. The van der Waals surface area contributed by atoms with E-state index in [4.69, 9.17) is 40.0 Å². The molecule has 4 aliphatic heterocycles. The molecule has 8 aliphatic carbocycles. The first kappa shape index (κ1) is 92.5. The van der Waals surface area contributed by atoms with Crippen LogP contribution in [0.3, 0.4) is 0 Å². The van der Waals surface area contributed by atoms with Gasteiger partial charge in [-0.05, 0) is 259 Å². The first-order valence-corrected chi connectivity index (χ1v) is 48.6. The highest BCUT2D eigenvalue weighted by Crippen LogP contribution is 2.69. The van der Waals surface area contributed by atoms with Crippen molar-refractivity contribution in [2.24, 2.45) is 23.7 Å². The third-order valence-corrected chi connectivity index (χ3v) is 36.1. The fraction of sp³-hybridized carbons (Fsp3) is 0.398. The maximum Gasteiger partial charge on any atom is 0.308 e. The quantitative estimate of drug-likeness (QED) is 0.0448. The summed E-state index contributed by atoms with van der Waals surface area (Å²) in [5.41, 5.74) is 8.76. The molecule has 20 nitrogen and oxygen atoms in total. The van der Waals surface area contributed by atoms with Crippen LogP contribution in [-0.2, 0) is 69.4 Å². The highest BCUT2D eigenvalue weighted by Gasteiger charge is 2.65. The molecule has 12 aliphatic rings. The Kier molecular flexibility index (Phi) is 26.0. The van der Waals surface area contributed by atoms with E-state index in [2.05, 4.69) is 119 Å². The fourth-order valence-electron chi connectivity index (χ4n) is 23.7. The molecule has 0 radical (unpaired) electrons. The number of thioether (sulfide) groups is 4. The first-order chi connectivity index (χ1) is 62.2. The Morgan fingerprint density at radius 1 is 0.415 bits per heavy atom. The van der Waals surface area contributed by atoms with E-state index in [0.717, 1.165) is 109 Å². The van der Waals surface area contributed by atoms with E-state index in [1.807, 2.05) is 111 Å². The van der Waals surface area contributed by atoms with Crippen LogP contribution in [0.1, 0.15) is 147 Å². The molecular weight excluding hydrogens is 1810 g/mol. The Balaban J connectivity index is 0.000000122. The summed E-state index contributed by atoms with van der Waals surface area (Å²) >= 11 is 16.8. The Hall–Kier alpha value is -9.32. The Morgan fingerprint density at radius 2 is 0.715 bits per heavy atom. The number of aryl methyl sites for hydroxylation is 3. The molecule has 680 valence electrons. The average molecular weight is 1920 g/mol. The number of esters is 2. The SMILES string of the molecule is COC1=C[C@@H]2[C@@H]3[C@H](Sc4ccc(C)cc4)c4ccc(C)c(OC(C)=O)c4[C@]2(CCN3C)CC1=O.COC1=C[C@@H]2[C@@H]3[C@H](Sc4ccc(Cl)cc4)c4ccc(C)c(OC(C)=O)c4[C@]2(CCN3C)CC1=O.COC1=C[C@@H]2[C@@H]3[C@H](Sc4ccc(F)cc4)c4ccc(O)c(O)c4[C@]2(CCN3C)CC1=O.COC1=C[C@@H]2[C@@H]3[C@H](Sc4ccccc4Br)c4ccc(O)c(O)c4[C@]2(CCN3C)CC1=O. The van der Waals surface area contributed by atoms with Crippen molar-refractivity contribution in [1.82, 2.24) is 19.6 Å². The lowest BCUT2D eigenvalue weighted by molar-refractivity contribution is -0.133. The number of Topliss-reactive ketones (excluding diaryl/α,β-unsaturated/α-hetero) is 4. The molecular formula is C103H107BrClFN4O16S4. The molecule has 20 rings (SSSR count). The van der Waals surface area contributed by atoms with E-state index in [-0.39, 0.29) is 146 Å². The number of benzene rings is 8. The van der Waals surface area contributed by atoms with Crippen molar-refractivity contribution in [3.8, 4) is 34.5 Å². The lowest BCUT2D eigenvalue weighted by Gasteiger charge is -2.59. The molecule has 4 heterocycles. The summed E-state index contributed by atoms with van der Waals surface area (Å²) < 4.78 is 48.1. The van der Waals surface area contributed by atoms with E-state index in [1.165, 1.54) is 62.3 Å². The van der Waals surface area contributed by atoms with E-state index in [0.29, 0.717) is 64.4 Å². The number of aromatic hydroxyl groups is 4. The number of methoxy groups -OCH3 is 4. The number of likely N-dealkylation sites (N-methyl/N-ethyl adjacent to an activating group) is 4. The minimum absolute atomic E-state index is 0.00573. The van der Waals surface area contributed by atoms with Gasteiger partial charge in [-0.25, -0.2) is 4.39 Å². The number of fused-ring (bicyclic) bond motifs is 4. The zero-order valence-corrected chi connectivity index (χ0v) is 80.4. The van der Waals surface area contributed by atoms with Crippen LogP contribution >= 0.6 is 74.6 Å². The summed E-state index contributed by atoms with van der Waals surface area (Å²) in [7, 11) is 14.7. The van der Waals surface area contributed by atoms with Crippen LogP contribution < -0.4 is 9.47 Å². The highest BCUT2D eigenvalue weighted by atomic mass is 79.9. The number of nitrogens with zero attached hydrogens (tertiary/aromatic N) is 4. The van der Waals surface area contributed by atoms with E-state index < -0.39 is 21.7 Å². The summed E-state index contributed by atoms with van der Waals surface area (Å²) in [6, 6.07) is 46.8. The van der Waals surface area contributed by atoms with Gasteiger partial charge in [-0.2, -0.15) is 0 Å². The Labute approximate surface area is 788 Å². The van der Waals surface area contributed by atoms with Crippen molar-refractivity contribution in [3.63, 3.8) is 0 Å². The molecule has 8 bridgehead atoms. The Bertz CT molecular complexity index is 5830. The minimum atomic E-state index is -0.589. The molecule has 4 saturated heterocycles. The summed E-state index contributed by atoms with van der Waals surface area (Å²) in [6.07, 6.45) is 12.3. The third-order valence-electron chi connectivity index (χ3n) is 29.5. The molecule has 0 aromatic heterocycles. The summed E-state index contributed by atoms with van der Waals surface area (Å²) in [4.78, 5) is 90.3. The standard InChI is InChI=1S/C28H31NO4S.C27H28ClNO4S.C24H24BrNO4S.C24H24FNO4S/c1-16-6-9-19(10-7-16)34-27-20-11-8-17(2)26(33-18(3)30)24(20)28-12-13-29(4)25(27)21(28)14-23(32-5)22(31)15-28;1-15-5-10-19-23(25(15)33-16(2)30)27-11-12-29(3)24(20(27)13-22(32-4)21(31)14-27)26(19)34-18-8-6-17(28)7-9-18;1-26-10-9-24-12-17(28)18(30-2)11-14(24)21(26)23(31-19-6-4-3-5-15(19)25)13-7-8-16(27)22(29)20(13)24;1-26-10-9-24-12-18(28)19(30-2)11-16(24)21(26)23(31-14-5-3-13(25)4-6-14)15-7-8-17(27)22(29)20(15)24/h6-11,14,21,25,27H,12-13,15H2,1-5H3;5-10,13,20,24,26H,11-12,14H2,1-4H3;3-8,11,14,21,23,27,29H,9-10,12H2,1-2H3;3-8,11,16,21,23,27,29H,9-10,12H2,1-2H3/t21-,25-,27-,28-;20-,24-,26-,27-;14-,21-,23-,24-;16-,21-,23-,24-/m1111/s1. The largest absolute Gasteiger partial charge is 0.504 e. The van der Waals surface area contributed by atoms with Crippen molar-refractivity contribution in [3.05, 3.63) is 269 Å². The van der Waals surface area contributed by atoms with Gasteiger partial charge in [0.2, 0.25) is 0 Å². The van der Waals surface area contributed by atoms with Gasteiger partial charge in [0, 0.05) is 160 Å². The normalized spacial score (nSPS) is 28.8. The molecule has 8 aromatic carbocycles. The molecule has 8 aromatic rings. The molecule has 0 spiro atoms. The summed E-state index contributed by atoms with van der Waals surface area (Å²) in [5.74, 6) is 1.29. The number of rotatable bonds is 14. The summed E-state index contributed by atoms with van der Waals surface area (Å²) in [6.45, 7) is 12.2. The lowest BCUT2D eigenvalue weighted by Crippen LogP contribution is -2.61. The van der Waals surface area contributed by atoms with Gasteiger partial charge in [0.1, 0.15) is 17.3 Å². The number of halogens is 3. The van der Waals surface area contributed by atoms with E-state index in [1.54, 1.807) is 67.7 Å². The van der Waals surface area contributed by atoms with Gasteiger partial charge in [-0.3, -0.25) is 28.8 Å². The maximum absolute atomic E-state index is 13.5. The van der Waals surface area contributed by atoms with Crippen LogP contribution in [0.15, 0.2) is 217 Å². The van der Waals surface area contributed by atoms with Gasteiger partial charge in [-0.1, -0.05) is 77.8 Å². The average Bonchev–Trinajstić information content (AvgIpc) is 0.704. The number of phenols is 4. The molecule has 16 atom stereocenters. The van der Waals surface area contributed by atoms with Crippen LogP contribution in [-0.4, -0.2) is 182 Å². The van der Waals surface area contributed by atoms with Gasteiger partial charge < -0.3 is 68.4 Å². The molecule has 0 unspecified atom stereocenters. The van der Waals surface area contributed by atoms with Crippen LogP contribution in [0.4, 0.5) is 4.39 Å². The van der Waals surface area contributed by atoms with Gasteiger partial charge in [0.15, 0.2) is 69.2 Å². The van der Waals surface area contributed by atoms with Gasteiger partial charge in [0.05, 0.1) is 49.4 Å². The second-order valence-corrected chi connectivity index (χ2v) is 42.7. The number of likely N-dealkylation sites (tertiary alicyclic amines) is 4. The number of hydrogen-bond donors (Lipinski definition) is 4. The predicted octanol–water partition coefficient (Wildman–Crippen LogP) is 19.5. The number of carbonyl (C=O) groups excluding carboxylic acids is 6. The topological polar surface area (TPSA) is 252 Å². The van der Waals surface area contributed by atoms with Crippen molar-refractivity contribution >= 4 is 110 Å². The van der Waals surface area contributed by atoms with Gasteiger partial charge in [-0.15, -0.1) is 47.0 Å². The second kappa shape index (κ2) is 36.6. The molecule has 130 heavy (non-hydrogen) atoms. The molecule has 0 saturated carbocycles. The Morgan fingerprint density at radius 3 is 1.05 bits per heavy atom. The van der Waals surface area contributed by atoms with Crippen LogP contribution in [0.2, 0.25) is 5.02 Å². The zero-order valence-electron chi connectivity index (χ0n) is 74.8. The van der Waals surface area contributed by atoms with Crippen molar-refractivity contribution in [2.45, 2.75) is 172 Å². The maximum atomic E-state index is 13.5. The highest BCUT2D eigenvalue weighted by molar-refractivity contribution is 9.10. The van der Waals surface area contributed by atoms with Crippen LogP contribution in [0, 0.1) is 50.3 Å².